The highest BCUT2D eigenvalue weighted by molar-refractivity contribution is 9.10. The first kappa shape index (κ1) is 20.8. The summed E-state index contributed by atoms with van der Waals surface area (Å²) >= 11 is 5.14. The number of nitrogens with one attached hydrogen (secondary N) is 1. The number of aryl methyl sites for hydroxylation is 2. The molecular weight excluding hydrogens is 462 g/mol. The van der Waals surface area contributed by atoms with Crippen molar-refractivity contribution in [3.63, 3.8) is 0 Å². The van der Waals surface area contributed by atoms with E-state index in [1.54, 1.807) is 41.8 Å². The van der Waals surface area contributed by atoms with Crippen LogP contribution < -0.4 is 5.32 Å². The van der Waals surface area contributed by atoms with Crippen molar-refractivity contribution in [1.82, 2.24) is 19.3 Å². The van der Waals surface area contributed by atoms with Gasteiger partial charge in [0.25, 0.3) is 0 Å². The smallest absolute Gasteiger partial charge is 0.242 e. The summed E-state index contributed by atoms with van der Waals surface area (Å²) in [6.45, 7) is 4.04. The number of hydrogen-bond acceptors (Lipinski definition) is 7. The molecule has 0 aliphatic carbocycles. The van der Waals surface area contributed by atoms with E-state index in [0.717, 1.165) is 32.2 Å². The van der Waals surface area contributed by atoms with Crippen LogP contribution in [0.3, 0.4) is 0 Å². The Kier molecular flexibility index (Phi) is 6.13. The third kappa shape index (κ3) is 4.24. The zero-order valence-corrected chi connectivity index (χ0v) is 19.1. The summed E-state index contributed by atoms with van der Waals surface area (Å²) in [5.74, 6) is 0.423. The second-order valence-corrected chi connectivity index (χ2v) is 10.3. The molecule has 28 heavy (non-hydrogen) atoms. The number of nitrogens with zero attached hydrogens (tertiary/aromatic N) is 4. The normalized spacial score (nSPS) is 11.8. The van der Waals surface area contributed by atoms with Crippen LogP contribution in [-0.4, -0.2) is 41.8 Å². The quantitative estimate of drug-likeness (QED) is 0.566. The van der Waals surface area contributed by atoms with Gasteiger partial charge >= 0.3 is 0 Å². The molecule has 0 aliphatic rings. The number of benzene rings is 1. The van der Waals surface area contributed by atoms with Crippen LogP contribution in [0.1, 0.15) is 17.6 Å². The predicted molar refractivity (Wildman–Crippen MR) is 116 cm³/mol. The largest absolute Gasteiger partial charge is 0.324 e. The van der Waals surface area contributed by atoms with Crippen molar-refractivity contribution in [2.75, 3.05) is 19.4 Å². The molecule has 3 rings (SSSR count). The summed E-state index contributed by atoms with van der Waals surface area (Å²) in [6, 6.07) is 6.49. The van der Waals surface area contributed by atoms with Gasteiger partial charge in [0.15, 0.2) is 0 Å². The molecule has 0 saturated carbocycles. The predicted octanol–water partition coefficient (Wildman–Crippen LogP) is 4.23. The zero-order chi connectivity index (χ0) is 20.5. The highest BCUT2D eigenvalue weighted by Gasteiger charge is 2.17. The maximum Gasteiger partial charge on any atom is 0.242 e. The number of sulfonamides is 1. The van der Waals surface area contributed by atoms with E-state index in [0.29, 0.717) is 11.6 Å². The Morgan fingerprint density at radius 2 is 1.86 bits per heavy atom. The molecule has 0 aliphatic heterocycles. The van der Waals surface area contributed by atoms with Gasteiger partial charge in [0.05, 0.1) is 24.9 Å². The van der Waals surface area contributed by atoms with E-state index in [9.17, 15) is 8.42 Å². The molecule has 0 radical (unpaired) electrons. The van der Waals surface area contributed by atoms with Gasteiger partial charge in [0.1, 0.15) is 5.69 Å². The molecule has 0 bridgehead atoms. The molecule has 0 atom stereocenters. The first-order valence-electron chi connectivity index (χ1n) is 8.51. The monoisotopic (exact) mass is 481 g/mol. The van der Waals surface area contributed by atoms with Gasteiger partial charge < -0.3 is 5.32 Å². The van der Waals surface area contributed by atoms with Gasteiger partial charge in [0.2, 0.25) is 16.0 Å². The highest BCUT2D eigenvalue weighted by Crippen LogP contribution is 2.34. The molecule has 0 saturated heterocycles. The van der Waals surface area contributed by atoms with E-state index in [-0.39, 0.29) is 4.90 Å². The number of rotatable bonds is 6. The Labute approximate surface area is 177 Å². The lowest BCUT2D eigenvalue weighted by Crippen LogP contribution is -2.22. The first-order chi connectivity index (χ1) is 13.2. The Bertz CT molecular complexity index is 1100. The maximum atomic E-state index is 12.2. The number of thiazole rings is 1. The summed E-state index contributed by atoms with van der Waals surface area (Å²) in [5.41, 5.74) is 2.41. The Hall–Kier alpha value is -1.88. The summed E-state index contributed by atoms with van der Waals surface area (Å²) < 4.78 is 26.3. The van der Waals surface area contributed by atoms with Crippen LogP contribution in [0.25, 0.3) is 10.6 Å². The molecule has 3 aromatic rings. The van der Waals surface area contributed by atoms with Crippen molar-refractivity contribution in [3.05, 3.63) is 45.6 Å². The van der Waals surface area contributed by atoms with E-state index in [1.807, 2.05) is 6.92 Å². The van der Waals surface area contributed by atoms with Crippen molar-refractivity contribution in [1.29, 1.82) is 0 Å². The molecule has 1 aromatic carbocycles. The molecule has 148 valence electrons. The minimum atomic E-state index is -3.46. The fraction of sp³-hybridized carbons (Fsp3) is 0.278. The highest BCUT2D eigenvalue weighted by atomic mass is 79.9. The van der Waals surface area contributed by atoms with Crippen LogP contribution in [0, 0.1) is 6.92 Å². The van der Waals surface area contributed by atoms with Crippen LogP contribution in [0.4, 0.5) is 11.6 Å². The lowest BCUT2D eigenvalue weighted by Gasteiger charge is -2.12. The average Bonchev–Trinajstić information content (AvgIpc) is 3.04. The zero-order valence-electron chi connectivity index (χ0n) is 15.9. The van der Waals surface area contributed by atoms with Crippen LogP contribution in [-0.2, 0) is 16.4 Å². The summed E-state index contributed by atoms with van der Waals surface area (Å²) in [6.07, 6.45) is 2.57. The topological polar surface area (TPSA) is 88.1 Å². The molecular formula is C18H20BrN5O2S2. The van der Waals surface area contributed by atoms with Crippen molar-refractivity contribution in [3.8, 4) is 10.6 Å². The maximum absolute atomic E-state index is 12.2. The lowest BCUT2D eigenvalue weighted by molar-refractivity contribution is 0.521. The SMILES string of the molecule is CCc1nc(C)c(-c2nc(Nc3ccc(S(=O)(=O)N(C)C)cc3)ncc2Br)s1. The van der Waals surface area contributed by atoms with Gasteiger partial charge in [-0.05, 0) is 53.5 Å². The van der Waals surface area contributed by atoms with Crippen LogP contribution in [0.2, 0.25) is 0 Å². The van der Waals surface area contributed by atoms with E-state index in [4.69, 9.17) is 0 Å². The lowest BCUT2D eigenvalue weighted by atomic mass is 10.3. The number of aromatic nitrogens is 3. The van der Waals surface area contributed by atoms with Crippen molar-refractivity contribution in [2.24, 2.45) is 0 Å². The van der Waals surface area contributed by atoms with Gasteiger partial charge in [0, 0.05) is 26.0 Å². The third-order valence-electron chi connectivity index (χ3n) is 3.99. The standard InChI is InChI=1S/C18H20BrN5O2S2/c1-5-15-21-11(2)17(27-15)16-14(19)10-20-18(23-16)22-12-6-8-13(9-7-12)28(25,26)24(3)4/h6-10H,5H2,1-4H3,(H,20,22,23). The number of halogens is 1. The second-order valence-electron chi connectivity index (χ2n) is 6.20. The van der Waals surface area contributed by atoms with E-state index in [2.05, 4.69) is 43.1 Å². The Morgan fingerprint density at radius 1 is 1.18 bits per heavy atom. The van der Waals surface area contributed by atoms with E-state index < -0.39 is 10.0 Å². The molecule has 0 spiro atoms. The number of anilines is 2. The molecule has 7 nitrogen and oxygen atoms in total. The Morgan fingerprint density at radius 3 is 2.43 bits per heavy atom. The second kappa shape index (κ2) is 8.24. The first-order valence-corrected chi connectivity index (χ1v) is 11.6. The molecule has 0 amide bonds. The molecule has 0 fully saturated rings. The molecule has 10 heteroatoms. The molecule has 0 unspecified atom stereocenters. The fourth-order valence-corrected chi connectivity index (χ4v) is 4.89. The minimum Gasteiger partial charge on any atom is -0.324 e. The molecule has 1 N–H and O–H groups in total. The van der Waals surface area contributed by atoms with Crippen molar-refractivity contribution in [2.45, 2.75) is 25.2 Å². The van der Waals surface area contributed by atoms with E-state index in [1.165, 1.54) is 18.4 Å². The van der Waals surface area contributed by atoms with Gasteiger partial charge in [-0.2, -0.15) is 0 Å². The van der Waals surface area contributed by atoms with Gasteiger partial charge in [-0.15, -0.1) is 11.3 Å². The third-order valence-corrected chi connectivity index (χ3v) is 7.71. The number of hydrogen-bond donors (Lipinski definition) is 1. The van der Waals surface area contributed by atoms with Crippen LogP contribution >= 0.6 is 27.3 Å². The van der Waals surface area contributed by atoms with Gasteiger partial charge in [-0.1, -0.05) is 6.92 Å². The Balaban J connectivity index is 1.88. The summed E-state index contributed by atoms with van der Waals surface area (Å²) in [7, 11) is -0.449. The summed E-state index contributed by atoms with van der Waals surface area (Å²) in [4.78, 5) is 14.7. The van der Waals surface area contributed by atoms with Gasteiger partial charge in [-0.25, -0.2) is 27.7 Å². The average molecular weight is 482 g/mol. The summed E-state index contributed by atoms with van der Waals surface area (Å²) in [5, 5.41) is 4.18. The van der Waals surface area contributed by atoms with Crippen molar-refractivity contribution < 1.29 is 8.42 Å². The van der Waals surface area contributed by atoms with Crippen LogP contribution in [0.15, 0.2) is 39.8 Å². The van der Waals surface area contributed by atoms with Gasteiger partial charge in [-0.3, -0.25) is 0 Å². The van der Waals surface area contributed by atoms with Crippen LogP contribution in [0.5, 0.6) is 0 Å². The fourth-order valence-electron chi connectivity index (χ4n) is 2.46. The van der Waals surface area contributed by atoms with E-state index >= 15 is 0 Å². The molecule has 2 heterocycles. The van der Waals surface area contributed by atoms with Crippen molar-refractivity contribution >= 4 is 48.9 Å². The molecule has 2 aromatic heterocycles. The minimum absolute atomic E-state index is 0.229.